The van der Waals surface area contributed by atoms with Crippen molar-refractivity contribution in [2.75, 3.05) is 33.2 Å². The molecule has 1 aliphatic rings. The van der Waals surface area contributed by atoms with Crippen molar-refractivity contribution in [1.29, 1.82) is 0 Å². The Morgan fingerprint density at radius 2 is 1.75 bits per heavy atom. The van der Waals surface area contributed by atoms with Crippen LogP contribution in [0.3, 0.4) is 0 Å². The Morgan fingerprint density at radius 1 is 1.25 bits per heavy atom. The number of alkyl halides is 3. The van der Waals surface area contributed by atoms with E-state index in [4.69, 9.17) is 0 Å². The first-order valence-electron chi connectivity index (χ1n) is 5.13. The van der Waals surface area contributed by atoms with Crippen molar-refractivity contribution in [3.05, 3.63) is 0 Å². The van der Waals surface area contributed by atoms with Crippen LogP contribution in [0.4, 0.5) is 18.0 Å². The largest absolute Gasteiger partial charge is 0.403 e. The van der Waals surface area contributed by atoms with Crippen LogP contribution in [0.2, 0.25) is 0 Å². The minimum atomic E-state index is -4.20. The van der Waals surface area contributed by atoms with Crippen LogP contribution in [-0.2, 0) is 0 Å². The van der Waals surface area contributed by atoms with Gasteiger partial charge >= 0.3 is 12.2 Å². The Bertz CT molecular complexity index is 249. The van der Waals surface area contributed by atoms with Gasteiger partial charge in [0.1, 0.15) is 6.04 Å². The highest BCUT2D eigenvalue weighted by Crippen LogP contribution is 2.25. The lowest BCUT2D eigenvalue weighted by atomic mass is 10.2. The number of nitrogens with one attached hydrogen (secondary N) is 1. The topological polar surface area (TPSA) is 35.6 Å². The van der Waals surface area contributed by atoms with Crippen molar-refractivity contribution in [3.63, 3.8) is 0 Å². The molecular weight excluding hydrogens is 223 g/mol. The lowest BCUT2D eigenvalue weighted by Gasteiger charge is -2.38. The normalized spacial score (nSPS) is 20.7. The summed E-state index contributed by atoms with van der Waals surface area (Å²) in [4.78, 5) is 14.1. The summed E-state index contributed by atoms with van der Waals surface area (Å²) in [5.74, 6) is 0. The van der Waals surface area contributed by atoms with E-state index < -0.39 is 12.2 Å². The summed E-state index contributed by atoms with van der Waals surface area (Å²) in [6.07, 6.45) is -4.20. The number of hydrogen-bond acceptors (Lipinski definition) is 2. The van der Waals surface area contributed by atoms with Gasteiger partial charge in [0.05, 0.1) is 0 Å². The van der Waals surface area contributed by atoms with Crippen LogP contribution >= 0.6 is 0 Å². The van der Waals surface area contributed by atoms with Crippen LogP contribution < -0.4 is 5.32 Å². The van der Waals surface area contributed by atoms with Gasteiger partial charge in [-0.1, -0.05) is 0 Å². The molecule has 0 aliphatic carbocycles. The summed E-state index contributed by atoms with van der Waals surface area (Å²) in [5.41, 5.74) is 0. The minimum Gasteiger partial charge on any atom is -0.341 e. The summed E-state index contributed by atoms with van der Waals surface area (Å²) < 4.78 is 37.3. The predicted octanol–water partition coefficient (Wildman–Crippen LogP) is 0.894. The van der Waals surface area contributed by atoms with E-state index in [1.54, 1.807) is 0 Å². The SMILES string of the molecule is CNC(=O)N1CCN(C(C)C(F)(F)F)CC1. The van der Waals surface area contributed by atoms with Gasteiger partial charge in [0.15, 0.2) is 0 Å². The molecule has 0 aromatic rings. The maximum absolute atomic E-state index is 12.4. The second kappa shape index (κ2) is 4.90. The number of amides is 2. The molecular formula is C9H16F3N3O. The number of carbonyl (C=O) groups excluding carboxylic acids is 1. The highest BCUT2D eigenvalue weighted by Gasteiger charge is 2.41. The van der Waals surface area contributed by atoms with Gasteiger partial charge < -0.3 is 10.2 Å². The zero-order valence-electron chi connectivity index (χ0n) is 9.34. The Hall–Kier alpha value is -0.980. The molecule has 0 bridgehead atoms. The number of hydrogen-bond donors (Lipinski definition) is 1. The molecule has 4 nitrogen and oxygen atoms in total. The quantitative estimate of drug-likeness (QED) is 0.737. The number of halogens is 3. The third kappa shape index (κ3) is 3.01. The number of nitrogens with zero attached hydrogens (tertiary/aromatic N) is 2. The maximum atomic E-state index is 12.4. The van der Waals surface area contributed by atoms with Crippen molar-refractivity contribution in [2.45, 2.75) is 19.1 Å². The number of urea groups is 1. The Labute approximate surface area is 92.4 Å². The summed E-state index contributed by atoms with van der Waals surface area (Å²) >= 11 is 0. The molecule has 1 fully saturated rings. The molecule has 1 rings (SSSR count). The molecule has 1 N–H and O–H groups in total. The van der Waals surface area contributed by atoms with Crippen LogP contribution in [-0.4, -0.2) is 61.3 Å². The fourth-order valence-corrected chi connectivity index (χ4v) is 1.68. The lowest BCUT2D eigenvalue weighted by molar-refractivity contribution is -0.181. The molecule has 7 heteroatoms. The fraction of sp³-hybridized carbons (Fsp3) is 0.889. The molecule has 16 heavy (non-hydrogen) atoms. The van der Waals surface area contributed by atoms with Crippen molar-refractivity contribution in [1.82, 2.24) is 15.1 Å². The van der Waals surface area contributed by atoms with Crippen LogP contribution in [0.1, 0.15) is 6.92 Å². The van der Waals surface area contributed by atoms with E-state index in [-0.39, 0.29) is 19.1 Å². The summed E-state index contributed by atoms with van der Waals surface area (Å²) in [6.45, 7) is 2.33. The van der Waals surface area contributed by atoms with Gasteiger partial charge in [-0.15, -0.1) is 0 Å². The molecule has 0 aromatic heterocycles. The maximum Gasteiger partial charge on any atom is 0.403 e. The first-order chi connectivity index (χ1) is 7.36. The first kappa shape index (κ1) is 13.1. The lowest BCUT2D eigenvalue weighted by Crippen LogP contribution is -2.56. The Kier molecular flexibility index (Phi) is 4.01. The van der Waals surface area contributed by atoms with E-state index in [2.05, 4.69) is 5.32 Å². The first-order valence-corrected chi connectivity index (χ1v) is 5.13. The highest BCUT2D eigenvalue weighted by atomic mass is 19.4. The second-order valence-electron chi connectivity index (χ2n) is 3.80. The second-order valence-corrected chi connectivity index (χ2v) is 3.80. The molecule has 2 amide bonds. The van der Waals surface area contributed by atoms with Crippen LogP contribution in [0.15, 0.2) is 0 Å². The standard InChI is InChI=1S/C9H16F3N3O/c1-7(9(10,11)12)14-3-5-15(6-4-14)8(16)13-2/h7H,3-6H2,1-2H3,(H,13,16). The van der Waals surface area contributed by atoms with E-state index in [1.165, 1.54) is 16.8 Å². The Balaban J connectivity index is 2.46. The molecule has 1 aliphatic heterocycles. The average molecular weight is 239 g/mol. The van der Waals surface area contributed by atoms with Gasteiger partial charge in [-0.25, -0.2) is 4.79 Å². The molecule has 1 unspecified atom stereocenters. The van der Waals surface area contributed by atoms with Gasteiger partial charge in [-0.2, -0.15) is 13.2 Å². The van der Waals surface area contributed by atoms with Crippen molar-refractivity contribution >= 4 is 6.03 Å². The number of piperazine rings is 1. The third-order valence-corrected chi connectivity index (χ3v) is 2.84. The monoisotopic (exact) mass is 239 g/mol. The van der Waals surface area contributed by atoms with Crippen LogP contribution in [0.5, 0.6) is 0 Å². The van der Waals surface area contributed by atoms with Gasteiger partial charge in [0.2, 0.25) is 0 Å². The number of rotatable bonds is 1. The summed E-state index contributed by atoms with van der Waals surface area (Å²) in [5, 5.41) is 2.46. The minimum absolute atomic E-state index is 0.237. The summed E-state index contributed by atoms with van der Waals surface area (Å²) in [6, 6.07) is -1.68. The van der Waals surface area contributed by atoms with E-state index in [1.807, 2.05) is 0 Å². The zero-order valence-corrected chi connectivity index (χ0v) is 9.34. The smallest absolute Gasteiger partial charge is 0.341 e. The van der Waals surface area contributed by atoms with E-state index >= 15 is 0 Å². The van der Waals surface area contributed by atoms with Crippen LogP contribution in [0, 0.1) is 0 Å². The molecule has 0 radical (unpaired) electrons. The molecule has 0 spiro atoms. The van der Waals surface area contributed by atoms with Gasteiger partial charge in [0.25, 0.3) is 0 Å². The Morgan fingerprint density at radius 3 is 2.12 bits per heavy atom. The van der Waals surface area contributed by atoms with Gasteiger partial charge in [-0.3, -0.25) is 4.90 Å². The molecule has 1 heterocycles. The zero-order chi connectivity index (χ0) is 12.3. The van der Waals surface area contributed by atoms with Crippen LogP contribution in [0.25, 0.3) is 0 Å². The molecule has 0 saturated carbocycles. The molecule has 1 atom stereocenters. The van der Waals surface area contributed by atoms with Crippen molar-refractivity contribution in [3.8, 4) is 0 Å². The molecule has 0 aromatic carbocycles. The van der Waals surface area contributed by atoms with E-state index in [9.17, 15) is 18.0 Å². The number of carbonyl (C=O) groups is 1. The average Bonchev–Trinajstić information content (AvgIpc) is 2.26. The fourth-order valence-electron chi connectivity index (χ4n) is 1.68. The molecule has 1 saturated heterocycles. The summed E-state index contributed by atoms with van der Waals surface area (Å²) in [7, 11) is 1.51. The van der Waals surface area contributed by atoms with Crippen molar-refractivity contribution < 1.29 is 18.0 Å². The van der Waals surface area contributed by atoms with Gasteiger partial charge in [-0.05, 0) is 6.92 Å². The van der Waals surface area contributed by atoms with Gasteiger partial charge in [0, 0.05) is 33.2 Å². The van der Waals surface area contributed by atoms with E-state index in [0.29, 0.717) is 13.1 Å². The predicted molar refractivity (Wildman–Crippen MR) is 53.1 cm³/mol. The van der Waals surface area contributed by atoms with Crippen molar-refractivity contribution in [2.24, 2.45) is 0 Å². The highest BCUT2D eigenvalue weighted by molar-refractivity contribution is 5.73. The van der Waals surface area contributed by atoms with E-state index in [0.717, 1.165) is 6.92 Å². The molecule has 94 valence electrons. The third-order valence-electron chi connectivity index (χ3n) is 2.84.